The fourth-order valence-corrected chi connectivity index (χ4v) is 3.43. The Labute approximate surface area is 141 Å². The summed E-state index contributed by atoms with van der Waals surface area (Å²) in [6.45, 7) is 7.80. The molecule has 1 saturated heterocycles. The van der Waals surface area contributed by atoms with Crippen LogP contribution in [0.3, 0.4) is 0 Å². The van der Waals surface area contributed by atoms with Gasteiger partial charge in [0.2, 0.25) is 0 Å². The van der Waals surface area contributed by atoms with Gasteiger partial charge in [-0.15, -0.1) is 24.0 Å². The minimum absolute atomic E-state index is 0. The van der Waals surface area contributed by atoms with Crippen molar-refractivity contribution in [3.63, 3.8) is 0 Å². The highest BCUT2D eigenvalue weighted by atomic mass is 127. The zero-order valence-electron chi connectivity index (χ0n) is 13.3. The molecule has 2 atom stereocenters. The summed E-state index contributed by atoms with van der Waals surface area (Å²) < 4.78 is 0. The summed E-state index contributed by atoms with van der Waals surface area (Å²) in [5, 5.41) is 3.52. The van der Waals surface area contributed by atoms with Crippen LogP contribution >= 0.6 is 24.0 Å². The lowest BCUT2D eigenvalue weighted by atomic mass is 9.82. The standard InChI is InChI=1S/C15H30N4.HI/c1-4-18(3)10-9-17-15(16-2)19-11-13-7-5-6-8-14(13)12-19;/h13-14H,4-12H2,1-3H3,(H,16,17);1H. The van der Waals surface area contributed by atoms with E-state index in [1.807, 2.05) is 7.05 Å². The van der Waals surface area contributed by atoms with Crippen LogP contribution < -0.4 is 5.32 Å². The Bertz CT molecular complexity index is 294. The molecule has 2 aliphatic rings. The highest BCUT2D eigenvalue weighted by molar-refractivity contribution is 14.0. The van der Waals surface area contributed by atoms with E-state index in [9.17, 15) is 0 Å². The van der Waals surface area contributed by atoms with Gasteiger partial charge in [0, 0.05) is 33.2 Å². The third-order valence-corrected chi connectivity index (χ3v) is 4.80. The summed E-state index contributed by atoms with van der Waals surface area (Å²) >= 11 is 0. The molecule has 1 heterocycles. The molecular formula is C15H31IN4. The van der Waals surface area contributed by atoms with Crippen LogP contribution in [-0.4, -0.2) is 62.6 Å². The molecule has 1 aliphatic heterocycles. The average molecular weight is 394 g/mol. The largest absolute Gasteiger partial charge is 0.355 e. The maximum atomic E-state index is 4.46. The lowest BCUT2D eigenvalue weighted by molar-refractivity contribution is 0.299. The number of hydrogen-bond acceptors (Lipinski definition) is 2. The molecule has 0 radical (unpaired) electrons. The number of likely N-dealkylation sites (tertiary alicyclic amines) is 1. The summed E-state index contributed by atoms with van der Waals surface area (Å²) in [6.07, 6.45) is 5.72. The first-order chi connectivity index (χ1) is 9.24. The Morgan fingerprint density at radius 2 is 1.85 bits per heavy atom. The summed E-state index contributed by atoms with van der Waals surface area (Å²) in [6, 6.07) is 0. The van der Waals surface area contributed by atoms with Gasteiger partial charge in [-0.3, -0.25) is 4.99 Å². The van der Waals surface area contributed by atoms with Gasteiger partial charge >= 0.3 is 0 Å². The van der Waals surface area contributed by atoms with Crippen LogP contribution in [-0.2, 0) is 0 Å². The Kier molecular flexibility index (Phi) is 8.17. The molecule has 1 saturated carbocycles. The van der Waals surface area contributed by atoms with E-state index in [2.05, 4.69) is 34.1 Å². The molecule has 0 aromatic heterocycles. The number of aliphatic imine (C=N–C) groups is 1. The number of fused-ring (bicyclic) bond motifs is 1. The number of rotatable bonds is 4. The molecule has 2 rings (SSSR count). The minimum Gasteiger partial charge on any atom is -0.355 e. The van der Waals surface area contributed by atoms with Crippen LogP contribution in [0.1, 0.15) is 32.6 Å². The van der Waals surface area contributed by atoms with Crippen molar-refractivity contribution in [2.75, 3.05) is 46.8 Å². The van der Waals surface area contributed by atoms with Crippen LogP contribution in [0.15, 0.2) is 4.99 Å². The molecule has 0 amide bonds. The zero-order chi connectivity index (χ0) is 13.7. The Morgan fingerprint density at radius 3 is 2.35 bits per heavy atom. The highest BCUT2D eigenvalue weighted by Gasteiger charge is 2.35. The molecule has 0 spiro atoms. The molecule has 5 heteroatoms. The monoisotopic (exact) mass is 394 g/mol. The Morgan fingerprint density at radius 1 is 1.25 bits per heavy atom. The molecule has 20 heavy (non-hydrogen) atoms. The fourth-order valence-electron chi connectivity index (χ4n) is 3.43. The molecule has 0 aromatic rings. The summed E-state index contributed by atoms with van der Waals surface area (Å²) in [5.41, 5.74) is 0. The second kappa shape index (κ2) is 9.07. The number of nitrogens with one attached hydrogen (secondary N) is 1. The second-order valence-corrected chi connectivity index (χ2v) is 6.08. The van der Waals surface area contributed by atoms with Gasteiger partial charge in [0.1, 0.15) is 0 Å². The minimum atomic E-state index is 0. The Balaban J connectivity index is 0.00000200. The quantitative estimate of drug-likeness (QED) is 0.451. The molecule has 2 fully saturated rings. The average Bonchev–Trinajstić information content (AvgIpc) is 2.86. The van der Waals surface area contributed by atoms with Crippen LogP contribution in [0.25, 0.3) is 0 Å². The molecule has 0 bridgehead atoms. The van der Waals surface area contributed by atoms with Gasteiger partial charge in [0.15, 0.2) is 5.96 Å². The molecule has 1 N–H and O–H groups in total. The summed E-state index contributed by atoms with van der Waals surface area (Å²) in [7, 11) is 4.07. The predicted octanol–water partition coefficient (Wildman–Crippen LogP) is 2.25. The third kappa shape index (κ3) is 4.76. The number of nitrogens with zero attached hydrogens (tertiary/aromatic N) is 3. The van der Waals surface area contributed by atoms with E-state index in [1.165, 1.54) is 38.8 Å². The first kappa shape index (κ1) is 18.0. The normalized spacial score (nSPS) is 26.4. The molecule has 118 valence electrons. The highest BCUT2D eigenvalue weighted by Crippen LogP contribution is 2.35. The van der Waals surface area contributed by atoms with Crippen molar-refractivity contribution < 1.29 is 0 Å². The number of hydrogen-bond donors (Lipinski definition) is 1. The van der Waals surface area contributed by atoms with Gasteiger partial charge in [0.25, 0.3) is 0 Å². The number of halogens is 1. The molecule has 2 unspecified atom stereocenters. The van der Waals surface area contributed by atoms with Gasteiger partial charge in [0.05, 0.1) is 0 Å². The predicted molar refractivity (Wildman–Crippen MR) is 97.0 cm³/mol. The smallest absolute Gasteiger partial charge is 0.193 e. The topological polar surface area (TPSA) is 30.9 Å². The number of guanidine groups is 1. The van der Waals surface area contributed by atoms with Crippen molar-refractivity contribution in [1.82, 2.24) is 15.1 Å². The summed E-state index contributed by atoms with van der Waals surface area (Å²) in [5.74, 6) is 2.95. The number of likely N-dealkylation sites (N-methyl/N-ethyl adjacent to an activating group) is 1. The maximum Gasteiger partial charge on any atom is 0.193 e. The van der Waals surface area contributed by atoms with Gasteiger partial charge in [-0.05, 0) is 38.3 Å². The van der Waals surface area contributed by atoms with Gasteiger partial charge in [-0.2, -0.15) is 0 Å². The van der Waals surface area contributed by atoms with Crippen molar-refractivity contribution in [1.29, 1.82) is 0 Å². The van der Waals surface area contributed by atoms with E-state index in [1.54, 1.807) is 0 Å². The fraction of sp³-hybridized carbons (Fsp3) is 0.933. The van der Waals surface area contributed by atoms with Crippen molar-refractivity contribution >= 4 is 29.9 Å². The van der Waals surface area contributed by atoms with Crippen molar-refractivity contribution in [3.8, 4) is 0 Å². The van der Waals surface area contributed by atoms with Crippen LogP contribution in [0.5, 0.6) is 0 Å². The van der Waals surface area contributed by atoms with Crippen molar-refractivity contribution in [2.45, 2.75) is 32.6 Å². The lowest BCUT2D eigenvalue weighted by Crippen LogP contribution is -2.43. The maximum absolute atomic E-state index is 4.46. The first-order valence-corrected chi connectivity index (χ1v) is 7.88. The van der Waals surface area contributed by atoms with Crippen LogP contribution in [0.2, 0.25) is 0 Å². The molecule has 4 nitrogen and oxygen atoms in total. The van der Waals surface area contributed by atoms with Gasteiger partial charge in [-0.25, -0.2) is 0 Å². The van der Waals surface area contributed by atoms with E-state index < -0.39 is 0 Å². The van der Waals surface area contributed by atoms with Gasteiger partial charge in [-0.1, -0.05) is 19.8 Å². The second-order valence-electron chi connectivity index (χ2n) is 6.08. The SMILES string of the molecule is CCN(C)CCNC(=NC)N1CC2CCCCC2C1.I. The molecular weight excluding hydrogens is 363 g/mol. The van der Waals surface area contributed by atoms with E-state index >= 15 is 0 Å². The molecule has 0 aromatic carbocycles. The summed E-state index contributed by atoms with van der Waals surface area (Å²) in [4.78, 5) is 9.27. The van der Waals surface area contributed by atoms with Crippen LogP contribution in [0.4, 0.5) is 0 Å². The lowest BCUT2D eigenvalue weighted by Gasteiger charge is -2.23. The van der Waals surface area contributed by atoms with E-state index in [4.69, 9.17) is 0 Å². The first-order valence-electron chi connectivity index (χ1n) is 7.88. The van der Waals surface area contributed by atoms with Gasteiger partial charge < -0.3 is 15.1 Å². The van der Waals surface area contributed by atoms with Crippen molar-refractivity contribution in [2.24, 2.45) is 16.8 Å². The van der Waals surface area contributed by atoms with E-state index in [0.717, 1.165) is 37.4 Å². The van der Waals surface area contributed by atoms with E-state index in [0.29, 0.717) is 0 Å². The zero-order valence-corrected chi connectivity index (χ0v) is 15.6. The molecule has 1 aliphatic carbocycles. The third-order valence-electron chi connectivity index (χ3n) is 4.80. The van der Waals surface area contributed by atoms with Crippen molar-refractivity contribution in [3.05, 3.63) is 0 Å². The Hall–Kier alpha value is -0.0400. The van der Waals surface area contributed by atoms with E-state index in [-0.39, 0.29) is 24.0 Å². The van der Waals surface area contributed by atoms with Crippen LogP contribution in [0, 0.1) is 11.8 Å².